The zero-order valence-electron chi connectivity index (χ0n) is 17.0. The molecule has 1 aliphatic carbocycles. The van der Waals surface area contributed by atoms with Crippen LogP contribution in [-0.2, 0) is 17.8 Å². The lowest BCUT2D eigenvalue weighted by Gasteiger charge is -2.40. The topological polar surface area (TPSA) is 40.5 Å². The zero-order valence-corrected chi connectivity index (χ0v) is 17.0. The smallest absolute Gasteiger partial charge is 0.306 e. The van der Waals surface area contributed by atoms with Crippen molar-refractivity contribution in [2.24, 2.45) is 11.8 Å². The highest BCUT2D eigenvalue weighted by molar-refractivity contribution is 5.69. The Bertz CT molecular complexity index is 594. The molecule has 0 spiro atoms. The Kier molecular flexibility index (Phi) is 7.75. The first-order chi connectivity index (χ1) is 13.2. The maximum atomic E-state index is 11.7. The highest BCUT2D eigenvalue weighted by atomic mass is 16.4. The second-order valence-electron chi connectivity index (χ2n) is 8.81. The van der Waals surface area contributed by atoms with Crippen molar-refractivity contribution in [1.29, 1.82) is 0 Å². The molecule has 3 heteroatoms. The number of benzene rings is 1. The second-order valence-corrected chi connectivity index (χ2v) is 8.81. The van der Waals surface area contributed by atoms with E-state index in [0.29, 0.717) is 6.04 Å². The molecule has 1 aromatic rings. The van der Waals surface area contributed by atoms with E-state index in [1.165, 1.54) is 49.8 Å². The number of aliphatic carboxylic acids is 1. The van der Waals surface area contributed by atoms with Crippen molar-refractivity contribution in [3.8, 4) is 0 Å². The van der Waals surface area contributed by atoms with Crippen LogP contribution in [0.2, 0.25) is 0 Å². The highest BCUT2D eigenvalue weighted by Gasteiger charge is 2.29. The number of nitrogens with zero attached hydrogens (tertiary/aromatic N) is 1. The molecule has 2 atom stereocenters. The van der Waals surface area contributed by atoms with Gasteiger partial charge in [-0.05, 0) is 55.6 Å². The fourth-order valence-corrected chi connectivity index (χ4v) is 5.08. The minimum absolute atomic E-state index is 0.168. The molecule has 1 fully saturated rings. The van der Waals surface area contributed by atoms with Gasteiger partial charge in [0.05, 0.1) is 5.92 Å². The summed E-state index contributed by atoms with van der Waals surface area (Å²) in [6.07, 6.45) is 12.8. The summed E-state index contributed by atoms with van der Waals surface area (Å²) in [4.78, 5) is 14.4. The molecule has 3 rings (SSSR count). The molecule has 150 valence electrons. The van der Waals surface area contributed by atoms with Crippen molar-refractivity contribution < 1.29 is 9.90 Å². The third-order valence-electron chi connectivity index (χ3n) is 6.78. The number of rotatable bonds is 9. The summed E-state index contributed by atoms with van der Waals surface area (Å²) in [5.74, 6) is 0.0685. The molecule has 1 heterocycles. The van der Waals surface area contributed by atoms with Crippen molar-refractivity contribution in [2.45, 2.75) is 90.1 Å². The van der Waals surface area contributed by atoms with Gasteiger partial charge in [0.15, 0.2) is 0 Å². The fourth-order valence-electron chi connectivity index (χ4n) is 5.08. The number of carboxylic acids is 1. The molecule has 1 N–H and O–H groups in total. The van der Waals surface area contributed by atoms with Gasteiger partial charge in [0, 0.05) is 19.1 Å². The Labute approximate surface area is 165 Å². The number of carboxylic acid groups (broad SMARTS) is 1. The zero-order chi connectivity index (χ0) is 19.1. The Balaban J connectivity index is 1.65. The van der Waals surface area contributed by atoms with Crippen LogP contribution in [-0.4, -0.2) is 28.6 Å². The summed E-state index contributed by atoms with van der Waals surface area (Å²) in [6.45, 7) is 4.39. The maximum Gasteiger partial charge on any atom is 0.306 e. The van der Waals surface area contributed by atoms with E-state index in [2.05, 4.69) is 36.1 Å². The molecule has 0 aromatic heterocycles. The Morgan fingerprint density at radius 3 is 2.59 bits per heavy atom. The lowest BCUT2D eigenvalue weighted by Crippen LogP contribution is -2.43. The van der Waals surface area contributed by atoms with E-state index in [-0.39, 0.29) is 5.92 Å². The maximum absolute atomic E-state index is 11.7. The van der Waals surface area contributed by atoms with Gasteiger partial charge in [0.1, 0.15) is 0 Å². The first kappa shape index (κ1) is 20.4. The van der Waals surface area contributed by atoms with Gasteiger partial charge in [-0.3, -0.25) is 9.69 Å². The van der Waals surface area contributed by atoms with Crippen molar-refractivity contribution in [1.82, 2.24) is 4.90 Å². The summed E-state index contributed by atoms with van der Waals surface area (Å²) in [5, 5.41) is 9.60. The van der Waals surface area contributed by atoms with Gasteiger partial charge >= 0.3 is 5.97 Å². The average molecular weight is 372 g/mol. The van der Waals surface area contributed by atoms with Gasteiger partial charge in [-0.25, -0.2) is 0 Å². The summed E-state index contributed by atoms with van der Waals surface area (Å²) < 4.78 is 0. The largest absolute Gasteiger partial charge is 0.481 e. The minimum Gasteiger partial charge on any atom is -0.481 e. The number of hydrogen-bond donors (Lipinski definition) is 1. The number of fused-ring (bicyclic) bond motifs is 1. The summed E-state index contributed by atoms with van der Waals surface area (Å²) in [5.41, 5.74) is 2.95. The SMILES string of the molecule is CCCCC(CCC1Cc2ccccc2CN1CC1CCCCC1)C(=O)O. The van der Waals surface area contributed by atoms with E-state index >= 15 is 0 Å². The number of unbranched alkanes of at least 4 members (excludes halogenated alkanes) is 1. The third-order valence-corrected chi connectivity index (χ3v) is 6.78. The molecule has 0 bridgehead atoms. The average Bonchev–Trinajstić information content (AvgIpc) is 2.68. The van der Waals surface area contributed by atoms with Crippen LogP contribution >= 0.6 is 0 Å². The van der Waals surface area contributed by atoms with Gasteiger partial charge in [-0.2, -0.15) is 0 Å². The van der Waals surface area contributed by atoms with Crippen molar-refractivity contribution in [3.63, 3.8) is 0 Å². The molecule has 0 saturated heterocycles. The van der Waals surface area contributed by atoms with Gasteiger partial charge in [-0.1, -0.05) is 63.3 Å². The lowest BCUT2D eigenvalue weighted by atomic mass is 9.85. The number of hydrogen-bond acceptors (Lipinski definition) is 2. The van der Waals surface area contributed by atoms with Crippen LogP contribution in [0.25, 0.3) is 0 Å². The molecule has 27 heavy (non-hydrogen) atoms. The van der Waals surface area contributed by atoms with E-state index in [4.69, 9.17) is 0 Å². The van der Waals surface area contributed by atoms with E-state index in [1.807, 2.05) is 0 Å². The Hall–Kier alpha value is -1.35. The molecule has 3 nitrogen and oxygen atoms in total. The Morgan fingerprint density at radius 2 is 1.89 bits per heavy atom. The summed E-state index contributed by atoms with van der Waals surface area (Å²) in [6, 6.07) is 9.36. The predicted molar refractivity (Wildman–Crippen MR) is 111 cm³/mol. The molecule has 2 unspecified atom stereocenters. The van der Waals surface area contributed by atoms with Gasteiger partial charge in [-0.15, -0.1) is 0 Å². The van der Waals surface area contributed by atoms with E-state index in [9.17, 15) is 9.90 Å². The molecule has 0 radical (unpaired) electrons. The third kappa shape index (κ3) is 5.81. The van der Waals surface area contributed by atoms with Crippen LogP contribution in [0.15, 0.2) is 24.3 Å². The normalized spacial score (nSPS) is 22.3. The lowest BCUT2D eigenvalue weighted by molar-refractivity contribution is -0.142. The van der Waals surface area contributed by atoms with Crippen molar-refractivity contribution >= 4 is 5.97 Å². The molecule has 2 aliphatic rings. The van der Waals surface area contributed by atoms with Crippen LogP contribution in [0.3, 0.4) is 0 Å². The van der Waals surface area contributed by atoms with Gasteiger partial charge < -0.3 is 5.11 Å². The van der Waals surface area contributed by atoms with Gasteiger partial charge in [0.25, 0.3) is 0 Å². The van der Waals surface area contributed by atoms with Crippen molar-refractivity contribution in [2.75, 3.05) is 6.54 Å². The van der Waals surface area contributed by atoms with Crippen LogP contribution in [0.1, 0.15) is 82.3 Å². The second kappa shape index (κ2) is 10.3. The van der Waals surface area contributed by atoms with Crippen LogP contribution in [0, 0.1) is 11.8 Å². The minimum atomic E-state index is -0.599. The molecule has 1 saturated carbocycles. The summed E-state index contributed by atoms with van der Waals surface area (Å²) >= 11 is 0. The standard InChI is InChI=1S/C24H37NO2/c1-2-3-11-20(24(26)27)14-15-23-16-21-12-7-8-13-22(21)18-25(23)17-19-9-5-4-6-10-19/h7-8,12-13,19-20,23H,2-6,9-11,14-18H2,1H3,(H,26,27). The molecular formula is C24H37NO2. The predicted octanol–water partition coefficient (Wildman–Crippen LogP) is 5.66. The first-order valence-electron chi connectivity index (χ1n) is 11.2. The Morgan fingerprint density at radius 1 is 1.15 bits per heavy atom. The van der Waals surface area contributed by atoms with Crippen LogP contribution in [0.5, 0.6) is 0 Å². The highest BCUT2D eigenvalue weighted by Crippen LogP contribution is 2.31. The molecule has 1 aliphatic heterocycles. The van der Waals surface area contributed by atoms with Crippen LogP contribution in [0.4, 0.5) is 0 Å². The molecular weight excluding hydrogens is 334 g/mol. The quantitative estimate of drug-likeness (QED) is 0.608. The summed E-state index contributed by atoms with van der Waals surface area (Å²) in [7, 11) is 0. The molecule has 1 aromatic carbocycles. The first-order valence-corrected chi connectivity index (χ1v) is 11.2. The van der Waals surface area contributed by atoms with E-state index < -0.39 is 5.97 Å². The fraction of sp³-hybridized carbons (Fsp3) is 0.708. The van der Waals surface area contributed by atoms with Crippen LogP contribution < -0.4 is 0 Å². The molecule has 0 amide bonds. The van der Waals surface area contributed by atoms with E-state index in [0.717, 1.165) is 51.0 Å². The van der Waals surface area contributed by atoms with Gasteiger partial charge in [0.2, 0.25) is 0 Å². The van der Waals surface area contributed by atoms with Crippen molar-refractivity contribution in [3.05, 3.63) is 35.4 Å². The number of carbonyl (C=O) groups is 1. The monoisotopic (exact) mass is 371 g/mol. The van der Waals surface area contributed by atoms with E-state index in [1.54, 1.807) is 0 Å².